The minimum absolute atomic E-state index is 0.374. The summed E-state index contributed by atoms with van der Waals surface area (Å²) in [5.41, 5.74) is 0.748. The molecule has 0 aliphatic carbocycles. The average Bonchev–Trinajstić information content (AvgIpc) is 2.70. The summed E-state index contributed by atoms with van der Waals surface area (Å²) < 4.78 is 20.4. The van der Waals surface area contributed by atoms with Crippen molar-refractivity contribution < 1.29 is 28.5 Å². The molecule has 0 spiro atoms. The summed E-state index contributed by atoms with van der Waals surface area (Å²) in [6, 6.07) is 10.2. The number of hydrogen-bond donors (Lipinski definition) is 0. The van der Waals surface area contributed by atoms with E-state index in [-0.39, 0.29) is 0 Å². The first kappa shape index (κ1) is 20.0. The van der Waals surface area contributed by atoms with E-state index in [9.17, 15) is 9.59 Å². The normalized spacial score (nSPS) is 10.2. The molecule has 0 bridgehead atoms. The van der Waals surface area contributed by atoms with E-state index >= 15 is 0 Å². The zero-order valence-corrected chi connectivity index (χ0v) is 16.4. The number of carbonyl (C=O) groups excluding carboxylic acids is 2. The lowest BCUT2D eigenvalue weighted by atomic mass is 10.2. The minimum Gasteiger partial charge on any atom is -0.496 e. The van der Waals surface area contributed by atoms with E-state index in [1.807, 2.05) is 0 Å². The van der Waals surface area contributed by atoms with Gasteiger partial charge in [0.05, 0.1) is 49.4 Å². The van der Waals surface area contributed by atoms with Crippen molar-refractivity contribution in [2.45, 2.75) is 9.79 Å². The Morgan fingerprint density at radius 2 is 1.08 bits per heavy atom. The Kier molecular flexibility index (Phi) is 7.23. The zero-order valence-electron chi connectivity index (χ0n) is 14.7. The number of carbonyl (C=O) groups is 2. The van der Waals surface area contributed by atoms with Crippen molar-refractivity contribution in [1.82, 2.24) is 0 Å². The maximum Gasteiger partial charge on any atom is 0.339 e. The molecule has 0 amide bonds. The van der Waals surface area contributed by atoms with Gasteiger partial charge in [0, 0.05) is 0 Å². The van der Waals surface area contributed by atoms with Crippen molar-refractivity contribution >= 4 is 33.5 Å². The van der Waals surface area contributed by atoms with Crippen LogP contribution < -0.4 is 9.47 Å². The maximum absolute atomic E-state index is 12.1. The van der Waals surface area contributed by atoms with E-state index in [0.29, 0.717) is 32.4 Å². The smallest absolute Gasteiger partial charge is 0.339 e. The number of methoxy groups -OCH3 is 4. The fourth-order valence-corrected chi connectivity index (χ4v) is 4.80. The molecular formula is C18H18O6S2. The van der Waals surface area contributed by atoms with Crippen molar-refractivity contribution in [1.29, 1.82) is 0 Å². The first-order valence-electron chi connectivity index (χ1n) is 7.42. The van der Waals surface area contributed by atoms with Gasteiger partial charge in [-0.05, 0) is 45.9 Å². The van der Waals surface area contributed by atoms with Gasteiger partial charge in [-0.3, -0.25) is 0 Å². The number of esters is 2. The molecule has 2 aromatic carbocycles. The summed E-state index contributed by atoms with van der Waals surface area (Å²) in [6.07, 6.45) is 0. The van der Waals surface area contributed by atoms with Crippen LogP contribution in [0.15, 0.2) is 46.2 Å². The minimum atomic E-state index is -0.472. The van der Waals surface area contributed by atoms with E-state index in [1.54, 1.807) is 36.4 Å². The number of hydrogen-bond acceptors (Lipinski definition) is 8. The van der Waals surface area contributed by atoms with Gasteiger partial charge in [-0.15, -0.1) is 0 Å². The van der Waals surface area contributed by atoms with Crippen LogP contribution in [-0.4, -0.2) is 40.4 Å². The second kappa shape index (κ2) is 9.40. The van der Waals surface area contributed by atoms with Gasteiger partial charge < -0.3 is 18.9 Å². The third kappa shape index (κ3) is 4.25. The molecule has 0 radical (unpaired) electrons. The molecule has 0 heterocycles. The molecule has 2 rings (SSSR count). The fourth-order valence-electron chi connectivity index (χ4n) is 2.15. The topological polar surface area (TPSA) is 71.1 Å². The van der Waals surface area contributed by atoms with Gasteiger partial charge in [0.1, 0.15) is 11.5 Å². The Labute approximate surface area is 159 Å². The summed E-state index contributed by atoms with van der Waals surface area (Å²) in [6.45, 7) is 0. The third-order valence-electron chi connectivity index (χ3n) is 3.42. The van der Waals surface area contributed by atoms with E-state index < -0.39 is 11.9 Å². The van der Waals surface area contributed by atoms with Gasteiger partial charge in [0.25, 0.3) is 0 Å². The molecule has 138 valence electrons. The van der Waals surface area contributed by atoms with Crippen LogP contribution >= 0.6 is 21.6 Å². The quantitative estimate of drug-likeness (QED) is 0.514. The summed E-state index contributed by atoms with van der Waals surface area (Å²) in [5.74, 6) is 0.111. The molecule has 0 saturated carbocycles. The van der Waals surface area contributed by atoms with Crippen molar-refractivity contribution in [2.75, 3.05) is 28.4 Å². The molecule has 0 aromatic heterocycles. The molecule has 2 aromatic rings. The second-order valence-corrected chi connectivity index (χ2v) is 6.97. The van der Waals surface area contributed by atoms with Gasteiger partial charge in [-0.25, -0.2) is 9.59 Å². The fraction of sp³-hybridized carbons (Fsp3) is 0.222. The Hall–Kier alpha value is -2.32. The van der Waals surface area contributed by atoms with Crippen LogP contribution in [0.2, 0.25) is 0 Å². The molecule has 0 fully saturated rings. The first-order valence-corrected chi connectivity index (χ1v) is 9.57. The second-order valence-electron chi connectivity index (χ2n) is 4.82. The standard InChI is InChI=1S/C18H18O6S2/c1-21-13-9-5-7-11(17(19)23-3)15(13)25-26-16-12(18(20)24-4)8-6-10-14(16)22-2/h5-10H,1-4H3. The largest absolute Gasteiger partial charge is 0.496 e. The molecular weight excluding hydrogens is 376 g/mol. The molecule has 0 N–H and O–H groups in total. The molecule has 0 atom stereocenters. The predicted octanol–water partition coefficient (Wildman–Crippen LogP) is 4.08. The van der Waals surface area contributed by atoms with E-state index in [1.165, 1.54) is 50.0 Å². The number of benzene rings is 2. The van der Waals surface area contributed by atoms with Crippen LogP contribution in [0, 0.1) is 0 Å². The van der Waals surface area contributed by atoms with Crippen LogP contribution in [0.5, 0.6) is 11.5 Å². The van der Waals surface area contributed by atoms with Crippen LogP contribution in [0.3, 0.4) is 0 Å². The summed E-state index contributed by atoms with van der Waals surface area (Å²) in [7, 11) is 8.22. The van der Waals surface area contributed by atoms with Crippen LogP contribution in [0.25, 0.3) is 0 Å². The molecule has 0 aliphatic heterocycles. The highest BCUT2D eigenvalue weighted by Gasteiger charge is 2.21. The SMILES string of the molecule is COC(=O)c1cccc(OC)c1SSc1c(OC)cccc1C(=O)OC. The average molecular weight is 394 g/mol. The lowest BCUT2D eigenvalue weighted by Crippen LogP contribution is -2.05. The van der Waals surface area contributed by atoms with E-state index in [0.717, 1.165) is 0 Å². The van der Waals surface area contributed by atoms with Gasteiger partial charge in [0.15, 0.2) is 0 Å². The van der Waals surface area contributed by atoms with Gasteiger partial charge in [0.2, 0.25) is 0 Å². The Balaban J connectivity index is 2.43. The molecule has 8 heteroatoms. The van der Waals surface area contributed by atoms with Gasteiger partial charge in [-0.1, -0.05) is 12.1 Å². The predicted molar refractivity (Wildman–Crippen MR) is 100 cm³/mol. The van der Waals surface area contributed by atoms with Gasteiger partial charge >= 0.3 is 11.9 Å². The van der Waals surface area contributed by atoms with Crippen LogP contribution in [0.4, 0.5) is 0 Å². The third-order valence-corrected chi connectivity index (χ3v) is 5.93. The summed E-state index contributed by atoms with van der Waals surface area (Å²) in [4.78, 5) is 25.3. The van der Waals surface area contributed by atoms with Crippen molar-refractivity contribution in [3.8, 4) is 11.5 Å². The highest BCUT2D eigenvalue weighted by Crippen LogP contribution is 2.47. The number of rotatable bonds is 7. The highest BCUT2D eigenvalue weighted by atomic mass is 33.1. The van der Waals surface area contributed by atoms with E-state index in [2.05, 4.69) is 0 Å². The number of ether oxygens (including phenoxy) is 4. The molecule has 0 saturated heterocycles. The summed E-state index contributed by atoms with van der Waals surface area (Å²) in [5, 5.41) is 0. The molecule has 26 heavy (non-hydrogen) atoms. The van der Waals surface area contributed by atoms with Crippen LogP contribution in [-0.2, 0) is 9.47 Å². The monoisotopic (exact) mass is 394 g/mol. The molecule has 0 aliphatic rings. The van der Waals surface area contributed by atoms with Crippen molar-refractivity contribution in [2.24, 2.45) is 0 Å². The maximum atomic E-state index is 12.1. The summed E-state index contributed by atoms with van der Waals surface area (Å²) >= 11 is 0. The van der Waals surface area contributed by atoms with Gasteiger partial charge in [-0.2, -0.15) is 0 Å². The zero-order chi connectivity index (χ0) is 19.1. The Morgan fingerprint density at radius 3 is 1.38 bits per heavy atom. The first-order chi connectivity index (χ1) is 12.6. The highest BCUT2D eigenvalue weighted by molar-refractivity contribution is 8.76. The molecule has 0 unspecified atom stereocenters. The molecule has 6 nitrogen and oxygen atoms in total. The van der Waals surface area contributed by atoms with Crippen molar-refractivity contribution in [3.63, 3.8) is 0 Å². The van der Waals surface area contributed by atoms with E-state index in [4.69, 9.17) is 18.9 Å². The van der Waals surface area contributed by atoms with Crippen LogP contribution in [0.1, 0.15) is 20.7 Å². The lowest BCUT2D eigenvalue weighted by molar-refractivity contribution is 0.0587. The van der Waals surface area contributed by atoms with Crippen molar-refractivity contribution in [3.05, 3.63) is 47.5 Å². The Morgan fingerprint density at radius 1 is 0.692 bits per heavy atom. The Bertz CT molecular complexity index is 739. The lowest BCUT2D eigenvalue weighted by Gasteiger charge is -2.14.